The molecule has 1 aromatic heterocycles. The number of halogens is 1. The van der Waals surface area contributed by atoms with Crippen LogP contribution in [0.4, 0.5) is 0 Å². The van der Waals surface area contributed by atoms with Gasteiger partial charge in [-0.1, -0.05) is 0 Å². The third-order valence-corrected chi connectivity index (χ3v) is 1.65. The number of hydrogen-bond acceptors (Lipinski definition) is 3. The predicted molar refractivity (Wildman–Crippen MR) is 38.9 cm³/mol. The molecule has 2 N–H and O–H groups in total. The van der Waals surface area contributed by atoms with E-state index in [-0.39, 0.29) is 17.9 Å². The Morgan fingerprint density at radius 1 is 1.60 bits per heavy atom. The van der Waals surface area contributed by atoms with Gasteiger partial charge in [0.2, 0.25) is 5.89 Å². The first-order valence-electron chi connectivity index (χ1n) is 3.00. The minimum Gasteiger partial charge on any atom is -0.447 e. The van der Waals surface area contributed by atoms with Gasteiger partial charge in [-0.2, -0.15) is 0 Å². The molecule has 0 aromatic carbocycles. The second-order valence-corrected chi connectivity index (χ2v) is 2.49. The van der Waals surface area contributed by atoms with Gasteiger partial charge in [-0.15, -0.1) is 12.4 Å². The molecule has 0 spiro atoms. The van der Waals surface area contributed by atoms with Gasteiger partial charge in [0.05, 0.1) is 11.7 Å². The number of oxazole rings is 1. The molecule has 0 aliphatic heterocycles. The molecule has 3 nitrogen and oxygen atoms in total. The van der Waals surface area contributed by atoms with Crippen LogP contribution in [-0.4, -0.2) is 4.98 Å². The summed E-state index contributed by atoms with van der Waals surface area (Å²) in [4.78, 5) is 3.96. The van der Waals surface area contributed by atoms with E-state index in [1.165, 1.54) is 0 Å². The molecule has 1 fully saturated rings. The maximum absolute atomic E-state index is 5.76. The fourth-order valence-electron chi connectivity index (χ4n) is 0.818. The zero-order chi connectivity index (χ0) is 6.32. The Balaban J connectivity index is 0.000000500. The van der Waals surface area contributed by atoms with Gasteiger partial charge in [0.25, 0.3) is 0 Å². The van der Waals surface area contributed by atoms with Crippen molar-refractivity contribution in [1.29, 1.82) is 0 Å². The summed E-state index contributed by atoms with van der Waals surface area (Å²) >= 11 is 0. The second kappa shape index (κ2) is 2.25. The van der Waals surface area contributed by atoms with E-state index in [2.05, 4.69) is 4.98 Å². The number of nitrogens with two attached hydrogens (primary N) is 1. The first kappa shape index (κ1) is 7.57. The van der Waals surface area contributed by atoms with Crippen LogP contribution in [0.3, 0.4) is 0 Å². The van der Waals surface area contributed by atoms with Crippen molar-refractivity contribution in [2.24, 2.45) is 5.73 Å². The lowest BCUT2D eigenvalue weighted by molar-refractivity contribution is 0.440. The van der Waals surface area contributed by atoms with E-state index < -0.39 is 0 Å². The Bertz CT molecular complexity index is 206. The first-order valence-corrected chi connectivity index (χ1v) is 3.00. The van der Waals surface area contributed by atoms with Crippen LogP contribution in [-0.2, 0) is 5.54 Å². The van der Waals surface area contributed by atoms with Crippen LogP contribution in [0.1, 0.15) is 18.7 Å². The van der Waals surface area contributed by atoms with Gasteiger partial charge in [0.15, 0.2) is 0 Å². The van der Waals surface area contributed by atoms with E-state index in [1.54, 1.807) is 12.5 Å². The minimum atomic E-state index is -0.205. The maximum Gasteiger partial charge on any atom is 0.214 e. The van der Waals surface area contributed by atoms with E-state index in [9.17, 15) is 0 Å². The maximum atomic E-state index is 5.76. The zero-order valence-corrected chi connectivity index (χ0v) is 6.23. The molecule has 0 unspecified atom stereocenters. The van der Waals surface area contributed by atoms with Crippen molar-refractivity contribution in [3.05, 3.63) is 18.4 Å². The van der Waals surface area contributed by atoms with Crippen molar-refractivity contribution >= 4 is 12.4 Å². The Morgan fingerprint density at radius 2 is 2.30 bits per heavy atom. The quantitative estimate of drug-likeness (QED) is 0.668. The van der Waals surface area contributed by atoms with E-state index in [1.807, 2.05) is 0 Å². The van der Waals surface area contributed by atoms with Gasteiger partial charge < -0.3 is 10.2 Å². The number of aromatic nitrogens is 1. The molecule has 0 bridgehead atoms. The van der Waals surface area contributed by atoms with E-state index in [4.69, 9.17) is 10.2 Å². The van der Waals surface area contributed by atoms with E-state index in [0.717, 1.165) is 12.8 Å². The average molecular weight is 161 g/mol. The summed E-state index contributed by atoms with van der Waals surface area (Å²) in [5, 5.41) is 0. The minimum absolute atomic E-state index is 0. The molecule has 0 radical (unpaired) electrons. The van der Waals surface area contributed by atoms with Crippen molar-refractivity contribution in [2.45, 2.75) is 18.4 Å². The Kier molecular flexibility index (Phi) is 1.70. The molecule has 4 heteroatoms. The van der Waals surface area contributed by atoms with Crippen LogP contribution in [0.5, 0.6) is 0 Å². The lowest BCUT2D eigenvalue weighted by atomic mass is 10.3. The van der Waals surface area contributed by atoms with Crippen molar-refractivity contribution in [3.8, 4) is 0 Å². The van der Waals surface area contributed by atoms with Crippen LogP contribution in [0.2, 0.25) is 0 Å². The topological polar surface area (TPSA) is 52.0 Å². The van der Waals surface area contributed by atoms with Crippen LogP contribution >= 0.6 is 12.4 Å². The highest BCUT2D eigenvalue weighted by atomic mass is 35.5. The summed E-state index contributed by atoms with van der Waals surface area (Å²) in [6.07, 6.45) is 5.20. The SMILES string of the molecule is Cl.NC1(c2ncco2)CC1. The summed E-state index contributed by atoms with van der Waals surface area (Å²) in [5.41, 5.74) is 5.55. The molecule has 1 aliphatic rings. The highest BCUT2D eigenvalue weighted by molar-refractivity contribution is 5.85. The van der Waals surface area contributed by atoms with E-state index >= 15 is 0 Å². The van der Waals surface area contributed by atoms with Gasteiger partial charge in [-0.25, -0.2) is 4.98 Å². The lowest BCUT2D eigenvalue weighted by Gasteiger charge is -1.98. The molecule has 10 heavy (non-hydrogen) atoms. The third-order valence-electron chi connectivity index (χ3n) is 1.65. The lowest BCUT2D eigenvalue weighted by Crippen LogP contribution is -2.18. The Morgan fingerprint density at radius 3 is 2.70 bits per heavy atom. The largest absolute Gasteiger partial charge is 0.447 e. The van der Waals surface area contributed by atoms with Crippen LogP contribution in [0.25, 0.3) is 0 Å². The molecule has 0 saturated heterocycles. The summed E-state index contributed by atoms with van der Waals surface area (Å²) in [7, 11) is 0. The molecule has 1 aromatic rings. The molecule has 1 heterocycles. The first-order chi connectivity index (χ1) is 4.31. The Hall–Kier alpha value is -0.540. The fourth-order valence-corrected chi connectivity index (χ4v) is 0.818. The molecule has 56 valence electrons. The highest BCUT2D eigenvalue weighted by Crippen LogP contribution is 2.41. The van der Waals surface area contributed by atoms with Crippen LogP contribution in [0.15, 0.2) is 16.9 Å². The van der Waals surface area contributed by atoms with Gasteiger partial charge in [-0.3, -0.25) is 0 Å². The van der Waals surface area contributed by atoms with Gasteiger partial charge >= 0.3 is 0 Å². The Labute approximate surface area is 65.0 Å². The van der Waals surface area contributed by atoms with Crippen molar-refractivity contribution < 1.29 is 4.42 Å². The summed E-state index contributed by atoms with van der Waals surface area (Å²) in [5.74, 6) is 0.683. The van der Waals surface area contributed by atoms with E-state index in [0.29, 0.717) is 5.89 Å². The smallest absolute Gasteiger partial charge is 0.214 e. The molecule has 1 aliphatic carbocycles. The average Bonchev–Trinajstić information content (AvgIpc) is 2.46. The second-order valence-electron chi connectivity index (χ2n) is 2.49. The molecular weight excluding hydrogens is 152 g/mol. The monoisotopic (exact) mass is 160 g/mol. The third kappa shape index (κ3) is 1.02. The highest BCUT2D eigenvalue weighted by Gasteiger charge is 2.44. The number of hydrogen-bond donors (Lipinski definition) is 1. The fraction of sp³-hybridized carbons (Fsp3) is 0.500. The van der Waals surface area contributed by atoms with Crippen LogP contribution < -0.4 is 5.73 Å². The van der Waals surface area contributed by atoms with Gasteiger partial charge in [0, 0.05) is 0 Å². The number of rotatable bonds is 1. The van der Waals surface area contributed by atoms with Crippen molar-refractivity contribution in [3.63, 3.8) is 0 Å². The summed E-state index contributed by atoms with van der Waals surface area (Å²) < 4.78 is 5.02. The van der Waals surface area contributed by atoms with Crippen LogP contribution in [0, 0.1) is 0 Å². The molecule has 1 saturated carbocycles. The molecule has 2 rings (SSSR count). The summed E-state index contributed by atoms with van der Waals surface area (Å²) in [6.45, 7) is 0. The van der Waals surface area contributed by atoms with Gasteiger partial charge in [0.1, 0.15) is 6.26 Å². The standard InChI is InChI=1S/C6H8N2O.ClH/c7-6(1-2-6)5-8-3-4-9-5;/h3-4H,1-2,7H2;1H. The number of nitrogens with zero attached hydrogens (tertiary/aromatic N) is 1. The molecular formula is C6H9ClN2O. The zero-order valence-electron chi connectivity index (χ0n) is 5.41. The predicted octanol–water partition coefficient (Wildman–Crippen LogP) is 1.04. The van der Waals surface area contributed by atoms with Gasteiger partial charge in [-0.05, 0) is 12.8 Å². The normalized spacial score (nSPS) is 19.7. The van der Waals surface area contributed by atoms with Crippen molar-refractivity contribution in [1.82, 2.24) is 4.98 Å². The van der Waals surface area contributed by atoms with Crippen molar-refractivity contribution in [2.75, 3.05) is 0 Å². The molecule has 0 atom stereocenters. The summed E-state index contributed by atoms with van der Waals surface area (Å²) in [6, 6.07) is 0. The molecule has 0 amide bonds.